The summed E-state index contributed by atoms with van der Waals surface area (Å²) in [6.45, 7) is 0.888. The predicted octanol–water partition coefficient (Wildman–Crippen LogP) is 1.96. The standard InChI is InChI=1S/C10H20O2/c1-12-8-2-3-9-4-6-10(11)7-5-9/h9-11H,2-8H2,1H3. The van der Waals surface area contributed by atoms with E-state index in [1.807, 2.05) is 0 Å². The largest absolute Gasteiger partial charge is 0.393 e. The summed E-state index contributed by atoms with van der Waals surface area (Å²) in [6, 6.07) is 0. The van der Waals surface area contributed by atoms with Crippen molar-refractivity contribution >= 4 is 0 Å². The van der Waals surface area contributed by atoms with Gasteiger partial charge in [0.15, 0.2) is 0 Å². The first-order chi connectivity index (χ1) is 5.83. The van der Waals surface area contributed by atoms with Crippen molar-refractivity contribution in [3.8, 4) is 0 Å². The van der Waals surface area contributed by atoms with Crippen LogP contribution in [0, 0.1) is 5.92 Å². The molecule has 1 N–H and O–H groups in total. The maximum atomic E-state index is 9.27. The first kappa shape index (κ1) is 10.0. The van der Waals surface area contributed by atoms with E-state index in [1.54, 1.807) is 7.11 Å². The molecule has 2 nitrogen and oxygen atoms in total. The van der Waals surface area contributed by atoms with Crippen molar-refractivity contribution in [1.29, 1.82) is 0 Å². The van der Waals surface area contributed by atoms with E-state index < -0.39 is 0 Å². The summed E-state index contributed by atoms with van der Waals surface area (Å²) in [4.78, 5) is 0. The third-order valence-electron chi connectivity index (χ3n) is 2.78. The molecule has 0 aromatic carbocycles. The van der Waals surface area contributed by atoms with Crippen molar-refractivity contribution < 1.29 is 9.84 Å². The van der Waals surface area contributed by atoms with Crippen LogP contribution in [-0.4, -0.2) is 24.9 Å². The zero-order valence-electron chi connectivity index (χ0n) is 7.96. The Bertz CT molecular complexity index is 106. The Morgan fingerprint density at radius 1 is 1.25 bits per heavy atom. The minimum atomic E-state index is -0.0105. The van der Waals surface area contributed by atoms with Gasteiger partial charge >= 0.3 is 0 Å². The van der Waals surface area contributed by atoms with E-state index in [4.69, 9.17) is 4.74 Å². The van der Waals surface area contributed by atoms with Crippen LogP contribution in [0.15, 0.2) is 0 Å². The molecule has 72 valence electrons. The fourth-order valence-electron chi connectivity index (χ4n) is 1.95. The second-order valence-electron chi connectivity index (χ2n) is 3.81. The normalized spacial score (nSPS) is 30.5. The highest BCUT2D eigenvalue weighted by Crippen LogP contribution is 2.27. The molecular weight excluding hydrogens is 152 g/mol. The second-order valence-corrected chi connectivity index (χ2v) is 3.81. The van der Waals surface area contributed by atoms with Gasteiger partial charge in [-0.25, -0.2) is 0 Å². The highest BCUT2D eigenvalue weighted by molar-refractivity contribution is 4.71. The first-order valence-corrected chi connectivity index (χ1v) is 5.00. The maximum Gasteiger partial charge on any atom is 0.0540 e. The molecule has 0 atom stereocenters. The number of aliphatic hydroxyl groups is 1. The van der Waals surface area contributed by atoms with Crippen LogP contribution in [-0.2, 0) is 4.74 Å². The lowest BCUT2D eigenvalue weighted by atomic mass is 9.85. The number of rotatable bonds is 4. The van der Waals surface area contributed by atoms with Gasteiger partial charge in [0.05, 0.1) is 6.10 Å². The lowest BCUT2D eigenvalue weighted by Gasteiger charge is -2.25. The van der Waals surface area contributed by atoms with Crippen molar-refractivity contribution in [3.05, 3.63) is 0 Å². The summed E-state index contributed by atoms with van der Waals surface area (Å²) in [7, 11) is 1.75. The number of methoxy groups -OCH3 is 1. The molecule has 12 heavy (non-hydrogen) atoms. The zero-order valence-corrected chi connectivity index (χ0v) is 7.96. The summed E-state index contributed by atoms with van der Waals surface area (Å²) in [5.41, 5.74) is 0. The minimum absolute atomic E-state index is 0.0105. The topological polar surface area (TPSA) is 29.5 Å². The Kier molecular flexibility index (Phi) is 4.62. The monoisotopic (exact) mass is 172 g/mol. The molecule has 1 fully saturated rings. The lowest BCUT2D eigenvalue weighted by molar-refractivity contribution is 0.102. The molecule has 0 bridgehead atoms. The van der Waals surface area contributed by atoms with Gasteiger partial charge in [0, 0.05) is 13.7 Å². The van der Waals surface area contributed by atoms with E-state index in [9.17, 15) is 5.11 Å². The minimum Gasteiger partial charge on any atom is -0.393 e. The van der Waals surface area contributed by atoms with Gasteiger partial charge in [0.25, 0.3) is 0 Å². The van der Waals surface area contributed by atoms with Gasteiger partial charge < -0.3 is 9.84 Å². The SMILES string of the molecule is COCCCC1CCC(O)CC1. The van der Waals surface area contributed by atoms with E-state index in [0.717, 1.165) is 25.4 Å². The van der Waals surface area contributed by atoms with E-state index in [2.05, 4.69) is 0 Å². The van der Waals surface area contributed by atoms with E-state index >= 15 is 0 Å². The van der Waals surface area contributed by atoms with Crippen LogP contribution in [0.3, 0.4) is 0 Å². The Hall–Kier alpha value is -0.0800. The van der Waals surface area contributed by atoms with Crippen molar-refractivity contribution in [2.75, 3.05) is 13.7 Å². The maximum absolute atomic E-state index is 9.27. The van der Waals surface area contributed by atoms with Gasteiger partial charge in [-0.2, -0.15) is 0 Å². The molecule has 0 aromatic rings. The van der Waals surface area contributed by atoms with Crippen molar-refractivity contribution in [2.45, 2.75) is 44.6 Å². The van der Waals surface area contributed by atoms with Crippen LogP contribution in [0.2, 0.25) is 0 Å². The highest BCUT2D eigenvalue weighted by atomic mass is 16.5. The third-order valence-corrected chi connectivity index (χ3v) is 2.78. The van der Waals surface area contributed by atoms with Crippen molar-refractivity contribution in [1.82, 2.24) is 0 Å². The molecule has 0 heterocycles. The zero-order chi connectivity index (χ0) is 8.81. The van der Waals surface area contributed by atoms with E-state index in [0.29, 0.717) is 0 Å². The van der Waals surface area contributed by atoms with Gasteiger partial charge in [-0.1, -0.05) is 0 Å². The van der Waals surface area contributed by atoms with Gasteiger partial charge in [-0.3, -0.25) is 0 Å². The fourth-order valence-corrected chi connectivity index (χ4v) is 1.95. The lowest BCUT2D eigenvalue weighted by Crippen LogP contribution is -2.18. The Morgan fingerprint density at radius 3 is 2.50 bits per heavy atom. The number of hydrogen-bond donors (Lipinski definition) is 1. The van der Waals surface area contributed by atoms with Crippen LogP contribution >= 0.6 is 0 Å². The Morgan fingerprint density at radius 2 is 1.92 bits per heavy atom. The molecule has 1 aliphatic carbocycles. The van der Waals surface area contributed by atoms with Crippen LogP contribution in [0.5, 0.6) is 0 Å². The predicted molar refractivity (Wildman–Crippen MR) is 49.1 cm³/mol. The first-order valence-electron chi connectivity index (χ1n) is 5.00. The molecule has 0 amide bonds. The average molecular weight is 172 g/mol. The highest BCUT2D eigenvalue weighted by Gasteiger charge is 2.18. The van der Waals surface area contributed by atoms with Gasteiger partial charge in [0.2, 0.25) is 0 Å². The van der Waals surface area contributed by atoms with Crippen molar-refractivity contribution in [2.24, 2.45) is 5.92 Å². The summed E-state index contributed by atoms with van der Waals surface area (Å²) < 4.78 is 5.00. The molecular formula is C10H20O2. The third kappa shape index (κ3) is 3.55. The van der Waals surface area contributed by atoms with E-state index in [1.165, 1.54) is 25.7 Å². The summed E-state index contributed by atoms with van der Waals surface area (Å²) in [5.74, 6) is 0.851. The molecule has 1 aliphatic rings. The second kappa shape index (κ2) is 5.55. The van der Waals surface area contributed by atoms with Gasteiger partial charge in [0.1, 0.15) is 0 Å². The number of aliphatic hydroxyl groups excluding tert-OH is 1. The molecule has 1 rings (SSSR count). The molecule has 0 spiro atoms. The smallest absolute Gasteiger partial charge is 0.0540 e. The molecule has 0 saturated heterocycles. The summed E-state index contributed by atoms with van der Waals surface area (Å²) in [6.07, 6.45) is 6.90. The van der Waals surface area contributed by atoms with Gasteiger partial charge in [-0.05, 0) is 44.4 Å². The molecule has 0 aliphatic heterocycles. The summed E-state index contributed by atoms with van der Waals surface area (Å²) >= 11 is 0. The Labute approximate surface area is 74.9 Å². The summed E-state index contributed by atoms with van der Waals surface area (Å²) in [5, 5.41) is 9.27. The van der Waals surface area contributed by atoms with Gasteiger partial charge in [-0.15, -0.1) is 0 Å². The average Bonchev–Trinajstić information content (AvgIpc) is 2.09. The molecule has 2 heteroatoms. The molecule has 1 saturated carbocycles. The quantitative estimate of drug-likeness (QED) is 0.657. The number of ether oxygens (including phenoxy) is 1. The number of hydrogen-bond acceptors (Lipinski definition) is 2. The Balaban J connectivity index is 2.01. The molecule has 0 unspecified atom stereocenters. The molecule has 0 aromatic heterocycles. The van der Waals surface area contributed by atoms with E-state index in [-0.39, 0.29) is 6.10 Å². The molecule has 0 radical (unpaired) electrons. The van der Waals surface area contributed by atoms with Crippen LogP contribution in [0.25, 0.3) is 0 Å². The van der Waals surface area contributed by atoms with Crippen molar-refractivity contribution in [3.63, 3.8) is 0 Å². The van der Waals surface area contributed by atoms with Crippen LogP contribution in [0.4, 0.5) is 0 Å². The fraction of sp³-hybridized carbons (Fsp3) is 1.00. The van der Waals surface area contributed by atoms with Crippen LogP contribution in [0.1, 0.15) is 38.5 Å². The van der Waals surface area contributed by atoms with Crippen LogP contribution < -0.4 is 0 Å².